The highest BCUT2D eigenvalue weighted by atomic mass is 127. The van der Waals surface area contributed by atoms with E-state index in [0.29, 0.717) is 10.6 Å². The van der Waals surface area contributed by atoms with E-state index in [0.717, 1.165) is 8.58 Å². The lowest BCUT2D eigenvalue weighted by Gasteiger charge is -2.01. The van der Waals surface area contributed by atoms with Gasteiger partial charge in [0.05, 0.1) is 10.5 Å². The average Bonchev–Trinajstić information content (AvgIpc) is 2.64. The minimum Gasteiger partial charge on any atom is -0.258 e. The monoisotopic (exact) mass is 347 g/mol. The molecule has 16 heavy (non-hydrogen) atoms. The second-order valence-electron chi connectivity index (χ2n) is 3.09. The molecule has 2 aromatic rings. The van der Waals surface area contributed by atoms with Crippen LogP contribution < -0.4 is 0 Å². The van der Waals surface area contributed by atoms with Crippen molar-refractivity contribution in [2.75, 3.05) is 0 Å². The quantitative estimate of drug-likeness (QED) is 0.476. The molecule has 0 radical (unpaired) electrons. The molecule has 7 heteroatoms. The van der Waals surface area contributed by atoms with Crippen LogP contribution in [0.2, 0.25) is 0 Å². The molecule has 0 saturated carbocycles. The van der Waals surface area contributed by atoms with Gasteiger partial charge in [-0.1, -0.05) is 23.5 Å². The second-order valence-corrected chi connectivity index (χ2v) is 5.82. The van der Waals surface area contributed by atoms with Crippen LogP contribution in [0.4, 0.5) is 5.69 Å². The summed E-state index contributed by atoms with van der Waals surface area (Å²) in [6, 6.07) is 4.98. The molecule has 0 spiro atoms. The fraction of sp³-hybridized carbons (Fsp3) is 0.111. The van der Waals surface area contributed by atoms with Gasteiger partial charge in [-0.3, -0.25) is 10.1 Å². The van der Waals surface area contributed by atoms with Crippen molar-refractivity contribution in [2.24, 2.45) is 0 Å². The molecule has 0 aliphatic heterocycles. The average molecular weight is 347 g/mol. The van der Waals surface area contributed by atoms with Gasteiger partial charge in [0.2, 0.25) is 0 Å². The van der Waals surface area contributed by atoms with Crippen molar-refractivity contribution in [1.29, 1.82) is 0 Å². The van der Waals surface area contributed by atoms with Crippen LogP contribution in [0, 0.1) is 20.1 Å². The number of aryl methyl sites for hydroxylation is 1. The molecular formula is C9H6IN3O2S. The van der Waals surface area contributed by atoms with Crippen molar-refractivity contribution in [3.05, 3.63) is 36.9 Å². The summed E-state index contributed by atoms with van der Waals surface area (Å²) in [4.78, 5) is 10.5. The van der Waals surface area contributed by atoms with E-state index in [4.69, 9.17) is 0 Å². The molecule has 1 heterocycles. The summed E-state index contributed by atoms with van der Waals surface area (Å²) < 4.78 is 0.769. The first-order valence-electron chi connectivity index (χ1n) is 4.33. The Morgan fingerprint density at radius 3 is 2.75 bits per heavy atom. The summed E-state index contributed by atoms with van der Waals surface area (Å²) in [5.41, 5.74) is 1.47. The zero-order chi connectivity index (χ0) is 11.7. The van der Waals surface area contributed by atoms with Crippen LogP contribution in [0.15, 0.2) is 18.2 Å². The van der Waals surface area contributed by atoms with Crippen LogP contribution in [0.5, 0.6) is 0 Å². The van der Waals surface area contributed by atoms with Gasteiger partial charge in [0.15, 0.2) is 8.02 Å². The molecule has 1 aromatic carbocycles. The van der Waals surface area contributed by atoms with E-state index in [2.05, 4.69) is 10.2 Å². The molecule has 2 rings (SSSR count). The van der Waals surface area contributed by atoms with Crippen molar-refractivity contribution in [3.8, 4) is 10.6 Å². The normalized spacial score (nSPS) is 10.4. The van der Waals surface area contributed by atoms with Gasteiger partial charge >= 0.3 is 0 Å². The zero-order valence-corrected chi connectivity index (χ0v) is 11.2. The molecule has 5 nitrogen and oxygen atoms in total. The number of aromatic nitrogens is 2. The van der Waals surface area contributed by atoms with Gasteiger partial charge in [-0.15, -0.1) is 10.2 Å². The summed E-state index contributed by atoms with van der Waals surface area (Å²) in [5, 5.41) is 19.3. The molecular weight excluding hydrogens is 341 g/mol. The Kier molecular flexibility index (Phi) is 3.15. The highest BCUT2D eigenvalue weighted by Crippen LogP contribution is 2.34. The van der Waals surface area contributed by atoms with Crippen LogP contribution in [-0.2, 0) is 0 Å². The van der Waals surface area contributed by atoms with Crippen molar-refractivity contribution < 1.29 is 4.92 Å². The smallest absolute Gasteiger partial charge is 0.258 e. The number of rotatable bonds is 2. The molecule has 0 aliphatic carbocycles. The Morgan fingerprint density at radius 2 is 2.19 bits per heavy atom. The number of halogens is 1. The number of nitro groups is 1. The fourth-order valence-electron chi connectivity index (χ4n) is 1.39. The molecule has 0 unspecified atom stereocenters. The lowest BCUT2D eigenvalue weighted by Crippen LogP contribution is -1.93. The van der Waals surface area contributed by atoms with Gasteiger partial charge in [-0.2, -0.15) is 0 Å². The minimum atomic E-state index is -0.392. The largest absolute Gasteiger partial charge is 0.279 e. The Hall–Kier alpha value is -1.09. The van der Waals surface area contributed by atoms with Gasteiger partial charge in [0.25, 0.3) is 5.69 Å². The molecule has 0 aliphatic rings. The number of nitrogens with zero attached hydrogens (tertiary/aromatic N) is 3. The van der Waals surface area contributed by atoms with Gasteiger partial charge in [-0.05, 0) is 35.1 Å². The van der Waals surface area contributed by atoms with E-state index >= 15 is 0 Å². The van der Waals surface area contributed by atoms with Crippen LogP contribution >= 0.6 is 33.9 Å². The number of hydrogen-bond acceptors (Lipinski definition) is 5. The SMILES string of the molecule is Cc1cccc([N+](=O)[O-])c1-c1nnc(I)s1. The predicted octanol–water partition coefficient (Wildman–Crippen LogP) is 3.03. The minimum absolute atomic E-state index is 0.0764. The highest BCUT2D eigenvalue weighted by Gasteiger charge is 2.20. The topological polar surface area (TPSA) is 68.9 Å². The van der Waals surface area contributed by atoms with Gasteiger partial charge < -0.3 is 0 Å². The maximum absolute atomic E-state index is 10.9. The van der Waals surface area contributed by atoms with Crippen molar-refractivity contribution >= 4 is 39.6 Å². The molecule has 0 bridgehead atoms. The van der Waals surface area contributed by atoms with E-state index in [-0.39, 0.29) is 5.69 Å². The van der Waals surface area contributed by atoms with Crippen LogP contribution in [0.25, 0.3) is 10.6 Å². The first kappa shape index (κ1) is 11.4. The summed E-state index contributed by atoms with van der Waals surface area (Å²) in [6.45, 7) is 1.83. The second kappa shape index (κ2) is 4.42. The third-order valence-electron chi connectivity index (χ3n) is 2.06. The third-order valence-corrected chi connectivity index (χ3v) is 3.67. The third kappa shape index (κ3) is 2.05. The van der Waals surface area contributed by atoms with Gasteiger partial charge in [-0.25, -0.2) is 0 Å². The van der Waals surface area contributed by atoms with E-state index in [1.807, 2.05) is 35.6 Å². The first-order chi connectivity index (χ1) is 7.59. The van der Waals surface area contributed by atoms with Crippen molar-refractivity contribution in [2.45, 2.75) is 6.92 Å². The van der Waals surface area contributed by atoms with E-state index in [1.54, 1.807) is 6.07 Å². The summed E-state index contributed by atoms with van der Waals surface area (Å²) >= 11 is 3.39. The lowest BCUT2D eigenvalue weighted by molar-refractivity contribution is -0.384. The molecule has 0 saturated heterocycles. The van der Waals surface area contributed by atoms with Crippen LogP contribution in [-0.4, -0.2) is 15.1 Å². The maximum Gasteiger partial charge on any atom is 0.279 e. The van der Waals surface area contributed by atoms with Crippen molar-refractivity contribution in [1.82, 2.24) is 10.2 Å². The highest BCUT2D eigenvalue weighted by molar-refractivity contribution is 14.1. The molecule has 0 N–H and O–H groups in total. The standard InChI is InChI=1S/C9H6IN3O2S/c1-5-3-2-4-6(13(14)15)7(5)8-11-12-9(10)16-8/h2-4H,1H3. The number of benzene rings is 1. The Labute approximate surface area is 109 Å². The summed E-state index contributed by atoms with van der Waals surface area (Å²) in [5.74, 6) is 0. The van der Waals surface area contributed by atoms with Gasteiger partial charge in [0, 0.05) is 6.07 Å². The van der Waals surface area contributed by atoms with Crippen LogP contribution in [0.3, 0.4) is 0 Å². The number of nitro benzene ring substituents is 1. The Bertz CT molecular complexity index is 555. The van der Waals surface area contributed by atoms with E-state index in [9.17, 15) is 10.1 Å². The first-order valence-corrected chi connectivity index (χ1v) is 6.22. The van der Waals surface area contributed by atoms with E-state index in [1.165, 1.54) is 17.4 Å². The van der Waals surface area contributed by atoms with Crippen molar-refractivity contribution in [3.63, 3.8) is 0 Å². The van der Waals surface area contributed by atoms with Gasteiger partial charge in [0.1, 0.15) is 0 Å². The molecule has 0 fully saturated rings. The Balaban J connectivity index is 2.67. The maximum atomic E-state index is 10.9. The van der Waals surface area contributed by atoms with E-state index < -0.39 is 4.92 Å². The summed E-state index contributed by atoms with van der Waals surface area (Å²) in [6.07, 6.45) is 0. The zero-order valence-electron chi connectivity index (χ0n) is 8.18. The number of hydrogen-bond donors (Lipinski definition) is 0. The molecule has 0 atom stereocenters. The predicted molar refractivity (Wildman–Crippen MR) is 69.5 cm³/mol. The Morgan fingerprint density at radius 1 is 1.44 bits per heavy atom. The summed E-state index contributed by atoms with van der Waals surface area (Å²) in [7, 11) is 0. The molecule has 0 amide bonds. The molecule has 82 valence electrons. The fourth-order valence-corrected chi connectivity index (χ4v) is 2.81. The molecule has 1 aromatic heterocycles. The van der Waals surface area contributed by atoms with Crippen LogP contribution in [0.1, 0.15) is 5.56 Å². The lowest BCUT2D eigenvalue weighted by atomic mass is 10.1.